The molecule has 0 radical (unpaired) electrons. The van der Waals surface area contributed by atoms with Crippen LogP contribution in [0.2, 0.25) is 0 Å². The zero-order valence-electron chi connectivity index (χ0n) is 5.74. The fourth-order valence-electron chi connectivity index (χ4n) is 0.800. The molecular formula is C6H10O4. The van der Waals surface area contributed by atoms with E-state index in [9.17, 15) is 4.79 Å². The number of hydrogen-bond acceptors (Lipinski definition) is 3. The number of aliphatic carboxylic acids is 1. The molecule has 1 heterocycles. The Morgan fingerprint density at radius 1 is 1.80 bits per heavy atom. The Morgan fingerprint density at radius 3 is 2.80 bits per heavy atom. The molecular weight excluding hydrogens is 136 g/mol. The molecule has 1 fully saturated rings. The molecule has 0 aliphatic carbocycles. The molecule has 1 saturated heterocycles. The predicted molar refractivity (Wildman–Crippen MR) is 32.5 cm³/mol. The lowest BCUT2D eigenvalue weighted by Crippen LogP contribution is -2.22. The molecule has 0 aromatic carbocycles. The van der Waals surface area contributed by atoms with Crippen molar-refractivity contribution < 1.29 is 19.4 Å². The highest BCUT2D eigenvalue weighted by molar-refractivity contribution is 5.72. The van der Waals surface area contributed by atoms with Gasteiger partial charge < -0.3 is 14.6 Å². The van der Waals surface area contributed by atoms with Crippen LogP contribution in [0.25, 0.3) is 0 Å². The third kappa shape index (κ3) is 1.46. The van der Waals surface area contributed by atoms with Gasteiger partial charge in [-0.3, -0.25) is 0 Å². The summed E-state index contributed by atoms with van der Waals surface area (Å²) in [5.41, 5.74) is 0. The first-order valence-corrected chi connectivity index (χ1v) is 3.24. The van der Waals surface area contributed by atoms with E-state index < -0.39 is 12.1 Å². The van der Waals surface area contributed by atoms with Gasteiger partial charge in [0.2, 0.25) is 0 Å². The van der Waals surface area contributed by atoms with E-state index in [1.54, 1.807) is 0 Å². The van der Waals surface area contributed by atoms with Crippen LogP contribution in [-0.4, -0.2) is 30.1 Å². The van der Waals surface area contributed by atoms with Crippen molar-refractivity contribution in [3.8, 4) is 0 Å². The Balaban J connectivity index is 2.35. The molecule has 0 amide bonds. The minimum Gasteiger partial charge on any atom is -0.479 e. The number of hydrogen-bond donors (Lipinski definition) is 1. The summed E-state index contributed by atoms with van der Waals surface area (Å²) in [7, 11) is 0. The quantitative estimate of drug-likeness (QED) is 0.605. The van der Waals surface area contributed by atoms with Crippen LogP contribution in [0.5, 0.6) is 0 Å². The predicted octanol–water partition coefficient (Wildman–Crippen LogP) is 0.222. The average Bonchev–Trinajstić information content (AvgIpc) is 2.34. The Hall–Kier alpha value is -0.610. The summed E-state index contributed by atoms with van der Waals surface area (Å²) in [6, 6.07) is 0. The summed E-state index contributed by atoms with van der Waals surface area (Å²) in [6.07, 6.45) is -0.380. The van der Waals surface area contributed by atoms with E-state index in [1.165, 1.54) is 0 Å². The number of carbonyl (C=O) groups is 1. The second-order valence-electron chi connectivity index (χ2n) is 2.13. The number of ether oxygens (including phenoxy) is 2. The molecule has 0 spiro atoms. The molecule has 0 aromatic heterocycles. The topological polar surface area (TPSA) is 55.8 Å². The van der Waals surface area contributed by atoms with Gasteiger partial charge in [0.15, 0.2) is 12.4 Å². The highest BCUT2D eigenvalue weighted by atomic mass is 16.7. The molecule has 4 nitrogen and oxygen atoms in total. The smallest absolute Gasteiger partial charge is 0.335 e. The zero-order chi connectivity index (χ0) is 7.56. The van der Waals surface area contributed by atoms with Crippen molar-refractivity contribution in [3.05, 3.63) is 0 Å². The minimum atomic E-state index is -0.948. The van der Waals surface area contributed by atoms with E-state index in [0.717, 1.165) is 0 Å². The fraction of sp³-hybridized carbons (Fsp3) is 0.833. The first-order valence-electron chi connectivity index (χ1n) is 3.24. The molecule has 4 heteroatoms. The second-order valence-corrected chi connectivity index (χ2v) is 2.13. The van der Waals surface area contributed by atoms with Crippen molar-refractivity contribution in [3.63, 3.8) is 0 Å². The van der Waals surface area contributed by atoms with Crippen LogP contribution < -0.4 is 0 Å². The van der Waals surface area contributed by atoms with Crippen LogP contribution in [-0.2, 0) is 14.3 Å². The summed E-state index contributed by atoms with van der Waals surface area (Å²) in [6.45, 7) is 2.06. The van der Waals surface area contributed by atoms with Gasteiger partial charge in [-0.1, -0.05) is 6.92 Å². The normalized spacial score (nSPS) is 32.5. The summed E-state index contributed by atoms with van der Waals surface area (Å²) in [5.74, 6) is -0.948. The van der Waals surface area contributed by atoms with Gasteiger partial charge in [-0.05, 0) is 6.42 Å². The Labute approximate surface area is 58.7 Å². The molecule has 58 valence electrons. The van der Waals surface area contributed by atoms with E-state index in [-0.39, 0.29) is 12.9 Å². The van der Waals surface area contributed by atoms with Crippen molar-refractivity contribution >= 4 is 5.97 Å². The summed E-state index contributed by atoms with van der Waals surface area (Å²) in [5, 5.41) is 8.42. The second kappa shape index (κ2) is 2.98. The molecule has 1 N–H and O–H groups in total. The molecule has 1 rings (SSSR count). The summed E-state index contributed by atoms with van der Waals surface area (Å²) >= 11 is 0. The minimum absolute atomic E-state index is 0.174. The molecule has 1 aliphatic rings. The maximum atomic E-state index is 10.3. The van der Waals surface area contributed by atoms with Crippen LogP contribution in [0, 0.1) is 0 Å². The van der Waals surface area contributed by atoms with Crippen LogP contribution in [0.15, 0.2) is 0 Å². The van der Waals surface area contributed by atoms with Crippen molar-refractivity contribution in [1.82, 2.24) is 0 Å². The highest BCUT2D eigenvalue weighted by Gasteiger charge is 2.29. The van der Waals surface area contributed by atoms with Crippen LogP contribution in [0.4, 0.5) is 0 Å². The van der Waals surface area contributed by atoms with E-state index in [0.29, 0.717) is 6.42 Å². The monoisotopic (exact) mass is 146 g/mol. The third-order valence-electron chi connectivity index (χ3n) is 1.36. The molecule has 0 bridgehead atoms. The number of carboxylic acid groups (broad SMARTS) is 1. The van der Waals surface area contributed by atoms with Crippen molar-refractivity contribution in [2.75, 3.05) is 6.61 Å². The Kier molecular flexibility index (Phi) is 2.24. The van der Waals surface area contributed by atoms with E-state index in [1.807, 2.05) is 6.92 Å². The van der Waals surface area contributed by atoms with Gasteiger partial charge in [-0.25, -0.2) is 4.79 Å². The van der Waals surface area contributed by atoms with E-state index >= 15 is 0 Å². The number of rotatable bonds is 2. The average molecular weight is 146 g/mol. The van der Waals surface area contributed by atoms with Crippen molar-refractivity contribution in [2.24, 2.45) is 0 Å². The SMILES string of the molecule is CCC1OCC(C(=O)O)O1. The van der Waals surface area contributed by atoms with Crippen LogP contribution in [0.3, 0.4) is 0 Å². The van der Waals surface area contributed by atoms with Gasteiger partial charge in [0.25, 0.3) is 0 Å². The van der Waals surface area contributed by atoms with Crippen molar-refractivity contribution in [2.45, 2.75) is 25.7 Å². The van der Waals surface area contributed by atoms with E-state index in [2.05, 4.69) is 0 Å². The summed E-state index contributed by atoms with van der Waals surface area (Å²) in [4.78, 5) is 10.3. The molecule has 10 heavy (non-hydrogen) atoms. The van der Waals surface area contributed by atoms with Crippen LogP contribution >= 0.6 is 0 Å². The molecule has 2 atom stereocenters. The Morgan fingerprint density at radius 2 is 2.50 bits per heavy atom. The maximum Gasteiger partial charge on any atom is 0.335 e. The third-order valence-corrected chi connectivity index (χ3v) is 1.36. The lowest BCUT2D eigenvalue weighted by molar-refractivity contribution is -0.150. The van der Waals surface area contributed by atoms with Gasteiger partial charge in [0.1, 0.15) is 0 Å². The first kappa shape index (κ1) is 7.50. The Bertz CT molecular complexity index is 134. The summed E-state index contributed by atoms with van der Waals surface area (Å²) < 4.78 is 9.92. The maximum absolute atomic E-state index is 10.3. The first-order chi connectivity index (χ1) is 4.74. The lowest BCUT2D eigenvalue weighted by atomic mass is 10.4. The van der Waals surface area contributed by atoms with Gasteiger partial charge in [-0.2, -0.15) is 0 Å². The fourth-order valence-corrected chi connectivity index (χ4v) is 0.800. The highest BCUT2D eigenvalue weighted by Crippen LogP contribution is 2.13. The van der Waals surface area contributed by atoms with Crippen molar-refractivity contribution in [1.29, 1.82) is 0 Å². The van der Waals surface area contributed by atoms with Gasteiger partial charge in [-0.15, -0.1) is 0 Å². The lowest BCUT2D eigenvalue weighted by Gasteiger charge is -2.04. The molecule has 0 saturated carbocycles. The van der Waals surface area contributed by atoms with Gasteiger partial charge >= 0.3 is 5.97 Å². The largest absolute Gasteiger partial charge is 0.479 e. The van der Waals surface area contributed by atoms with Gasteiger partial charge in [0.05, 0.1) is 6.61 Å². The molecule has 1 aliphatic heterocycles. The zero-order valence-corrected chi connectivity index (χ0v) is 5.74. The standard InChI is InChI=1S/C6H10O4/c1-2-5-9-3-4(10-5)6(7)8/h4-5H,2-3H2,1H3,(H,7,8). The molecule has 0 aromatic rings. The van der Waals surface area contributed by atoms with Crippen LogP contribution in [0.1, 0.15) is 13.3 Å². The van der Waals surface area contributed by atoms with Gasteiger partial charge in [0, 0.05) is 0 Å². The molecule has 2 unspecified atom stereocenters. The number of carboxylic acids is 1. The van der Waals surface area contributed by atoms with E-state index in [4.69, 9.17) is 14.6 Å².